The number of alkyl halides is 1. The van der Waals surface area contributed by atoms with Crippen molar-refractivity contribution in [1.82, 2.24) is 4.90 Å². The molecule has 2 aliphatic rings. The summed E-state index contributed by atoms with van der Waals surface area (Å²) in [5.41, 5.74) is 4.25. The van der Waals surface area contributed by atoms with Crippen LogP contribution in [0, 0.1) is 11.8 Å². The topological polar surface area (TPSA) is 23.6 Å². The molecule has 1 aliphatic heterocycles. The van der Waals surface area contributed by atoms with Gasteiger partial charge in [-0.2, -0.15) is 0 Å². The number of benzene rings is 3. The van der Waals surface area contributed by atoms with E-state index in [-0.39, 0.29) is 23.2 Å². The number of nitrogens with zero attached hydrogens (tertiary/aromatic N) is 2. The van der Waals surface area contributed by atoms with E-state index in [1.165, 1.54) is 11.1 Å². The van der Waals surface area contributed by atoms with Crippen LogP contribution in [0.15, 0.2) is 84.9 Å². The van der Waals surface area contributed by atoms with E-state index in [2.05, 4.69) is 48.5 Å². The molecule has 0 spiro atoms. The predicted octanol–water partition coefficient (Wildman–Crippen LogP) is 5.49. The summed E-state index contributed by atoms with van der Waals surface area (Å²) in [6, 6.07) is 29.1. The molecule has 34 heavy (non-hydrogen) atoms. The highest BCUT2D eigenvalue weighted by Gasteiger charge is 2.55. The lowest BCUT2D eigenvalue weighted by Gasteiger charge is -2.47. The summed E-state index contributed by atoms with van der Waals surface area (Å²) >= 11 is 0. The third kappa shape index (κ3) is 3.89. The maximum atomic E-state index is 15.4. The monoisotopic (exact) mass is 456 g/mol. The van der Waals surface area contributed by atoms with Gasteiger partial charge in [-0.25, -0.2) is 4.39 Å². The van der Waals surface area contributed by atoms with Gasteiger partial charge in [0.25, 0.3) is 0 Å². The first-order chi connectivity index (χ1) is 16.5. The smallest absolute Gasteiger partial charge is 0.227 e. The Bertz CT molecular complexity index is 1090. The number of amides is 1. The second kappa shape index (κ2) is 9.25. The van der Waals surface area contributed by atoms with Gasteiger partial charge in [0.2, 0.25) is 5.91 Å². The van der Waals surface area contributed by atoms with Crippen molar-refractivity contribution in [2.45, 2.75) is 30.8 Å². The van der Waals surface area contributed by atoms with Gasteiger partial charge in [0.1, 0.15) is 6.17 Å². The van der Waals surface area contributed by atoms with Crippen molar-refractivity contribution < 1.29 is 9.18 Å². The lowest BCUT2D eigenvalue weighted by molar-refractivity contribution is -0.129. The Labute approximate surface area is 202 Å². The summed E-state index contributed by atoms with van der Waals surface area (Å²) in [6.45, 7) is 1.09. The summed E-state index contributed by atoms with van der Waals surface area (Å²) in [6.07, 6.45) is 0.747. The summed E-state index contributed by atoms with van der Waals surface area (Å²) in [7, 11) is 3.99. The third-order valence-corrected chi connectivity index (χ3v) is 8.02. The van der Waals surface area contributed by atoms with Crippen LogP contribution in [0.5, 0.6) is 0 Å². The number of hydrogen-bond donors (Lipinski definition) is 0. The Hall–Kier alpha value is -3.14. The van der Waals surface area contributed by atoms with E-state index < -0.39 is 6.17 Å². The number of anilines is 1. The number of fused-ring (bicyclic) bond motifs is 1. The molecule has 1 heterocycles. The van der Waals surface area contributed by atoms with Gasteiger partial charge in [-0.05, 0) is 41.5 Å². The summed E-state index contributed by atoms with van der Waals surface area (Å²) < 4.78 is 15.4. The van der Waals surface area contributed by atoms with Crippen molar-refractivity contribution in [1.29, 1.82) is 0 Å². The van der Waals surface area contributed by atoms with Gasteiger partial charge in [0, 0.05) is 44.2 Å². The van der Waals surface area contributed by atoms with E-state index in [1.54, 1.807) is 0 Å². The van der Waals surface area contributed by atoms with Crippen LogP contribution in [0.1, 0.15) is 29.5 Å². The molecule has 5 rings (SSSR count). The molecule has 1 saturated heterocycles. The highest BCUT2D eigenvalue weighted by Crippen LogP contribution is 2.54. The van der Waals surface area contributed by atoms with Crippen LogP contribution in [0.4, 0.5) is 10.1 Å². The van der Waals surface area contributed by atoms with Crippen molar-refractivity contribution in [2.24, 2.45) is 11.8 Å². The fraction of sp³-hybridized carbons (Fsp3) is 0.367. The van der Waals surface area contributed by atoms with Gasteiger partial charge in [-0.1, -0.05) is 78.9 Å². The average Bonchev–Trinajstić information content (AvgIpc) is 3.33. The molecule has 0 N–H and O–H groups in total. The molecule has 0 bridgehead atoms. The predicted molar refractivity (Wildman–Crippen MR) is 136 cm³/mol. The number of para-hydroxylation sites is 1. The molecule has 3 atom stereocenters. The standard InChI is InChI=1S/C30H33FN2O/c1-32(2)28-16-10-9-11-22(28)19-29(34)33-20-25-26(21-33)30(18-17-27(25)31,23-12-5-3-6-13-23)24-14-7-4-8-15-24/h3-16,25-27H,17-21H2,1-2H3/t25-,26+,27-/m0/s1. The molecule has 2 fully saturated rings. The first-order valence-corrected chi connectivity index (χ1v) is 12.3. The van der Waals surface area contributed by atoms with Gasteiger partial charge in [-0.3, -0.25) is 4.79 Å². The van der Waals surface area contributed by atoms with E-state index in [0.29, 0.717) is 25.9 Å². The number of hydrogen-bond acceptors (Lipinski definition) is 2. The van der Waals surface area contributed by atoms with Crippen LogP contribution < -0.4 is 4.90 Å². The number of rotatable bonds is 5. The summed E-state index contributed by atoms with van der Waals surface area (Å²) in [5, 5.41) is 0. The number of likely N-dealkylation sites (tertiary alicyclic amines) is 1. The van der Waals surface area contributed by atoms with Crippen LogP contribution in [-0.2, 0) is 16.6 Å². The van der Waals surface area contributed by atoms with Gasteiger partial charge >= 0.3 is 0 Å². The Kier molecular flexibility index (Phi) is 6.16. The number of carbonyl (C=O) groups is 1. The fourth-order valence-electron chi connectivity index (χ4n) is 6.41. The third-order valence-electron chi connectivity index (χ3n) is 8.02. The van der Waals surface area contributed by atoms with Crippen molar-refractivity contribution in [3.63, 3.8) is 0 Å². The highest BCUT2D eigenvalue weighted by atomic mass is 19.1. The molecule has 0 radical (unpaired) electrons. The van der Waals surface area contributed by atoms with Crippen molar-refractivity contribution in [3.8, 4) is 0 Å². The minimum Gasteiger partial charge on any atom is -0.377 e. The van der Waals surface area contributed by atoms with Gasteiger partial charge in [0.05, 0.1) is 6.42 Å². The van der Waals surface area contributed by atoms with E-state index in [1.807, 2.05) is 60.3 Å². The Morgan fingerprint density at radius 1 is 0.912 bits per heavy atom. The number of halogens is 1. The van der Waals surface area contributed by atoms with Gasteiger partial charge in [0.15, 0.2) is 0 Å². The fourth-order valence-corrected chi connectivity index (χ4v) is 6.41. The largest absolute Gasteiger partial charge is 0.377 e. The molecular weight excluding hydrogens is 423 g/mol. The molecule has 3 aromatic rings. The van der Waals surface area contributed by atoms with Crippen LogP contribution in [-0.4, -0.2) is 44.2 Å². The van der Waals surface area contributed by atoms with E-state index >= 15 is 4.39 Å². The molecule has 3 nitrogen and oxygen atoms in total. The molecule has 4 heteroatoms. The second-order valence-corrected chi connectivity index (χ2v) is 10.0. The van der Waals surface area contributed by atoms with Crippen molar-refractivity contribution in [2.75, 3.05) is 32.1 Å². The van der Waals surface area contributed by atoms with Crippen LogP contribution >= 0.6 is 0 Å². The SMILES string of the molecule is CN(C)c1ccccc1CC(=O)N1C[C@H]2[C@@H](C1)C(c1ccccc1)(c1ccccc1)CC[C@@H]2F. The van der Waals surface area contributed by atoms with Crippen LogP contribution in [0.2, 0.25) is 0 Å². The van der Waals surface area contributed by atoms with Crippen LogP contribution in [0.25, 0.3) is 0 Å². The molecule has 1 saturated carbocycles. The average molecular weight is 457 g/mol. The minimum absolute atomic E-state index is 0.0501. The summed E-state index contributed by atoms with van der Waals surface area (Å²) in [5.74, 6) is -0.0118. The zero-order valence-corrected chi connectivity index (χ0v) is 20.0. The van der Waals surface area contributed by atoms with Gasteiger partial charge in [-0.15, -0.1) is 0 Å². The highest BCUT2D eigenvalue weighted by molar-refractivity contribution is 5.81. The van der Waals surface area contributed by atoms with Crippen molar-refractivity contribution in [3.05, 3.63) is 102 Å². The maximum absolute atomic E-state index is 15.4. The molecule has 1 amide bonds. The molecular formula is C30H33FN2O. The minimum atomic E-state index is -0.877. The zero-order chi connectivity index (χ0) is 23.7. The quantitative estimate of drug-likeness (QED) is 0.507. The first-order valence-electron chi connectivity index (χ1n) is 12.3. The lowest BCUT2D eigenvalue weighted by Crippen LogP contribution is -2.47. The molecule has 0 unspecified atom stereocenters. The maximum Gasteiger partial charge on any atom is 0.227 e. The van der Waals surface area contributed by atoms with Gasteiger partial charge < -0.3 is 9.80 Å². The molecule has 3 aromatic carbocycles. The Morgan fingerprint density at radius 2 is 1.50 bits per heavy atom. The molecule has 1 aliphatic carbocycles. The van der Waals surface area contributed by atoms with E-state index in [9.17, 15) is 4.79 Å². The molecule has 176 valence electrons. The van der Waals surface area contributed by atoms with E-state index in [0.717, 1.165) is 17.7 Å². The van der Waals surface area contributed by atoms with Crippen LogP contribution in [0.3, 0.4) is 0 Å². The number of carbonyl (C=O) groups excluding carboxylic acids is 1. The lowest BCUT2D eigenvalue weighted by atomic mass is 9.56. The Balaban J connectivity index is 1.49. The second-order valence-electron chi connectivity index (χ2n) is 10.0. The van der Waals surface area contributed by atoms with Crippen molar-refractivity contribution >= 4 is 11.6 Å². The normalized spacial score (nSPS) is 23.4. The Morgan fingerprint density at radius 3 is 2.12 bits per heavy atom. The summed E-state index contributed by atoms with van der Waals surface area (Å²) in [4.78, 5) is 17.5. The molecule has 0 aromatic heterocycles. The van der Waals surface area contributed by atoms with E-state index in [4.69, 9.17) is 0 Å². The first kappa shape index (κ1) is 22.6. The zero-order valence-electron chi connectivity index (χ0n) is 20.0.